The highest BCUT2D eigenvalue weighted by Gasteiger charge is 2.28. The van der Waals surface area contributed by atoms with E-state index in [0.717, 1.165) is 0 Å². The molecule has 0 saturated carbocycles. The number of esters is 1. The maximum Gasteiger partial charge on any atom is 0.407 e. The molecule has 0 fully saturated rings. The Balaban J connectivity index is 2.70. The zero-order valence-electron chi connectivity index (χ0n) is 10.7. The molecular formula is C12H19NO4. The van der Waals surface area contributed by atoms with E-state index in [4.69, 9.17) is 9.84 Å². The van der Waals surface area contributed by atoms with Crippen LogP contribution in [0.3, 0.4) is 0 Å². The Hall–Kier alpha value is -1.52. The minimum Gasteiger partial charge on any atom is -0.465 e. The lowest BCUT2D eigenvalue weighted by Gasteiger charge is -2.31. The van der Waals surface area contributed by atoms with Crippen LogP contribution in [0, 0.1) is 0 Å². The molecule has 0 aliphatic carbocycles. The highest BCUT2D eigenvalue weighted by molar-refractivity contribution is 5.89. The van der Waals surface area contributed by atoms with Crippen LogP contribution in [0.15, 0.2) is 11.6 Å². The minimum atomic E-state index is -0.961. The van der Waals surface area contributed by atoms with Gasteiger partial charge in [-0.15, -0.1) is 0 Å². The third-order valence-electron chi connectivity index (χ3n) is 2.49. The smallest absolute Gasteiger partial charge is 0.407 e. The second-order valence-electron chi connectivity index (χ2n) is 5.22. The van der Waals surface area contributed by atoms with Crippen molar-refractivity contribution in [2.75, 3.05) is 6.54 Å². The second-order valence-corrected chi connectivity index (χ2v) is 5.22. The Morgan fingerprint density at radius 1 is 1.47 bits per heavy atom. The average Bonchev–Trinajstić information content (AvgIpc) is 2.14. The molecule has 0 bridgehead atoms. The molecule has 0 saturated heterocycles. The summed E-state index contributed by atoms with van der Waals surface area (Å²) in [4.78, 5) is 23.9. The summed E-state index contributed by atoms with van der Waals surface area (Å²) in [5.74, 6) is -0.352. The number of ether oxygens (including phenoxy) is 1. The van der Waals surface area contributed by atoms with E-state index in [1.807, 2.05) is 0 Å². The molecule has 0 unspecified atom stereocenters. The van der Waals surface area contributed by atoms with Crippen LogP contribution >= 0.6 is 0 Å². The van der Waals surface area contributed by atoms with Gasteiger partial charge in [-0.05, 0) is 34.1 Å². The first kappa shape index (κ1) is 13.5. The SMILES string of the molecule is C[C@@H]1CC(C(=O)OC(C)(C)C)=CCN1C(=O)O. The highest BCUT2D eigenvalue weighted by Crippen LogP contribution is 2.21. The lowest BCUT2D eigenvalue weighted by Crippen LogP contribution is -2.41. The number of rotatable bonds is 1. The van der Waals surface area contributed by atoms with Crippen molar-refractivity contribution in [2.45, 2.75) is 45.8 Å². The standard InChI is InChI=1S/C12H19NO4/c1-8-7-9(5-6-13(8)11(15)16)10(14)17-12(2,3)4/h5,8H,6-7H2,1-4H3,(H,15,16)/t8-/m1/s1. The number of amides is 1. The van der Waals surface area contributed by atoms with E-state index in [-0.39, 0.29) is 18.6 Å². The lowest BCUT2D eigenvalue weighted by atomic mass is 10.0. The molecule has 0 aromatic rings. The third-order valence-corrected chi connectivity index (χ3v) is 2.49. The fourth-order valence-corrected chi connectivity index (χ4v) is 1.68. The summed E-state index contributed by atoms with van der Waals surface area (Å²) in [6.07, 6.45) is 1.07. The average molecular weight is 241 g/mol. The quantitative estimate of drug-likeness (QED) is 0.713. The van der Waals surface area contributed by atoms with Gasteiger partial charge in [0, 0.05) is 18.2 Å². The van der Waals surface area contributed by atoms with Crippen LogP contribution in [0.2, 0.25) is 0 Å². The Morgan fingerprint density at radius 2 is 2.06 bits per heavy atom. The minimum absolute atomic E-state index is 0.194. The number of nitrogens with zero attached hydrogens (tertiary/aromatic N) is 1. The van der Waals surface area contributed by atoms with Crippen LogP contribution in [0.25, 0.3) is 0 Å². The zero-order valence-corrected chi connectivity index (χ0v) is 10.7. The lowest BCUT2D eigenvalue weighted by molar-refractivity contribution is -0.150. The predicted molar refractivity (Wildman–Crippen MR) is 62.7 cm³/mol. The topological polar surface area (TPSA) is 66.8 Å². The van der Waals surface area contributed by atoms with Gasteiger partial charge in [-0.2, -0.15) is 0 Å². The summed E-state index contributed by atoms with van der Waals surface area (Å²) in [6.45, 7) is 7.44. The van der Waals surface area contributed by atoms with Crippen molar-refractivity contribution < 1.29 is 19.4 Å². The molecule has 5 nitrogen and oxygen atoms in total. The second kappa shape index (κ2) is 4.77. The normalized spacial score (nSPS) is 20.8. The molecule has 96 valence electrons. The van der Waals surface area contributed by atoms with Gasteiger partial charge in [0.25, 0.3) is 0 Å². The molecule has 0 spiro atoms. The van der Waals surface area contributed by atoms with Gasteiger partial charge >= 0.3 is 12.1 Å². The number of carbonyl (C=O) groups is 2. The van der Waals surface area contributed by atoms with E-state index >= 15 is 0 Å². The molecular weight excluding hydrogens is 222 g/mol. The van der Waals surface area contributed by atoms with Crippen molar-refractivity contribution in [3.05, 3.63) is 11.6 Å². The summed E-state index contributed by atoms with van der Waals surface area (Å²) >= 11 is 0. The van der Waals surface area contributed by atoms with Crippen molar-refractivity contribution in [3.63, 3.8) is 0 Å². The Bertz CT molecular complexity index is 354. The van der Waals surface area contributed by atoms with E-state index in [0.29, 0.717) is 12.0 Å². The van der Waals surface area contributed by atoms with E-state index < -0.39 is 11.7 Å². The van der Waals surface area contributed by atoms with Gasteiger partial charge in [0.05, 0.1) is 0 Å². The molecule has 1 rings (SSSR count). The number of hydrogen-bond donors (Lipinski definition) is 1. The first-order chi connectivity index (χ1) is 7.70. The molecule has 5 heteroatoms. The molecule has 0 aromatic heterocycles. The van der Waals surface area contributed by atoms with E-state index in [2.05, 4.69) is 0 Å². The van der Waals surface area contributed by atoms with Crippen molar-refractivity contribution in [3.8, 4) is 0 Å². The maximum atomic E-state index is 11.8. The summed E-state index contributed by atoms with van der Waals surface area (Å²) in [7, 11) is 0. The summed E-state index contributed by atoms with van der Waals surface area (Å²) in [5, 5.41) is 8.90. The first-order valence-electron chi connectivity index (χ1n) is 5.62. The molecule has 17 heavy (non-hydrogen) atoms. The van der Waals surface area contributed by atoms with Gasteiger partial charge in [-0.25, -0.2) is 9.59 Å². The van der Waals surface area contributed by atoms with Crippen molar-refractivity contribution in [2.24, 2.45) is 0 Å². The van der Waals surface area contributed by atoms with Gasteiger partial charge < -0.3 is 14.7 Å². The summed E-state index contributed by atoms with van der Waals surface area (Å²) in [6, 6.07) is -0.194. The van der Waals surface area contributed by atoms with E-state index in [9.17, 15) is 9.59 Å². The Kier molecular flexibility index (Phi) is 3.80. The number of hydrogen-bond acceptors (Lipinski definition) is 3. The van der Waals surface area contributed by atoms with Gasteiger partial charge in [0.1, 0.15) is 5.60 Å². The fourth-order valence-electron chi connectivity index (χ4n) is 1.68. The molecule has 1 amide bonds. The highest BCUT2D eigenvalue weighted by atomic mass is 16.6. The monoisotopic (exact) mass is 241 g/mol. The largest absolute Gasteiger partial charge is 0.465 e. The van der Waals surface area contributed by atoms with Crippen molar-refractivity contribution >= 4 is 12.1 Å². The van der Waals surface area contributed by atoms with Crippen LogP contribution in [0.4, 0.5) is 4.79 Å². The van der Waals surface area contributed by atoms with Crippen LogP contribution in [0.1, 0.15) is 34.1 Å². The van der Waals surface area contributed by atoms with Crippen LogP contribution in [-0.4, -0.2) is 40.3 Å². The van der Waals surface area contributed by atoms with Crippen LogP contribution in [-0.2, 0) is 9.53 Å². The number of carboxylic acid groups (broad SMARTS) is 1. The van der Waals surface area contributed by atoms with Crippen molar-refractivity contribution in [1.29, 1.82) is 0 Å². The first-order valence-corrected chi connectivity index (χ1v) is 5.62. The summed E-state index contributed by atoms with van der Waals surface area (Å²) in [5.41, 5.74) is 0.0374. The van der Waals surface area contributed by atoms with Gasteiger partial charge in [0.15, 0.2) is 0 Å². The van der Waals surface area contributed by atoms with E-state index in [1.165, 1.54) is 4.90 Å². The Labute approximate surface area is 101 Å². The molecule has 1 aliphatic heterocycles. The van der Waals surface area contributed by atoms with E-state index in [1.54, 1.807) is 33.8 Å². The predicted octanol–water partition coefficient (Wildman–Crippen LogP) is 2.03. The van der Waals surface area contributed by atoms with Crippen molar-refractivity contribution in [1.82, 2.24) is 4.90 Å². The molecule has 1 N–H and O–H groups in total. The fraction of sp³-hybridized carbons (Fsp3) is 0.667. The maximum absolute atomic E-state index is 11.8. The molecule has 0 aromatic carbocycles. The third kappa shape index (κ3) is 3.76. The van der Waals surface area contributed by atoms with Crippen LogP contribution in [0.5, 0.6) is 0 Å². The summed E-state index contributed by atoms with van der Waals surface area (Å²) < 4.78 is 5.25. The van der Waals surface area contributed by atoms with Gasteiger partial charge in [-0.3, -0.25) is 0 Å². The number of carbonyl (C=O) groups excluding carboxylic acids is 1. The Morgan fingerprint density at radius 3 is 2.47 bits per heavy atom. The van der Waals surface area contributed by atoms with Crippen LogP contribution < -0.4 is 0 Å². The molecule has 1 atom stereocenters. The molecule has 0 radical (unpaired) electrons. The van der Waals surface area contributed by atoms with Gasteiger partial charge in [-0.1, -0.05) is 6.08 Å². The zero-order chi connectivity index (χ0) is 13.2. The van der Waals surface area contributed by atoms with Gasteiger partial charge in [0.2, 0.25) is 0 Å². The molecule has 1 heterocycles. The molecule has 1 aliphatic rings.